The molecule has 3 rings (SSSR count). The van der Waals surface area contributed by atoms with E-state index in [1.54, 1.807) is 6.20 Å². The van der Waals surface area contributed by atoms with Gasteiger partial charge in [-0.05, 0) is 24.8 Å². The van der Waals surface area contributed by atoms with Crippen LogP contribution in [0.3, 0.4) is 0 Å². The number of anilines is 1. The lowest BCUT2D eigenvalue weighted by atomic mass is 10.2. The van der Waals surface area contributed by atoms with Crippen LogP contribution >= 0.6 is 0 Å². The van der Waals surface area contributed by atoms with E-state index in [0.717, 1.165) is 24.8 Å². The van der Waals surface area contributed by atoms with Crippen LogP contribution in [0.1, 0.15) is 24.8 Å². The predicted octanol–water partition coefficient (Wildman–Crippen LogP) is -0.816. The molecule has 0 radical (unpaired) electrons. The van der Waals surface area contributed by atoms with Crippen molar-refractivity contribution in [1.29, 1.82) is 0 Å². The lowest BCUT2D eigenvalue weighted by Crippen LogP contribution is -2.17. The van der Waals surface area contributed by atoms with Crippen molar-refractivity contribution in [1.82, 2.24) is 15.0 Å². The third-order valence-electron chi connectivity index (χ3n) is 3.31. The van der Waals surface area contributed by atoms with Gasteiger partial charge in [0.1, 0.15) is 5.65 Å². The van der Waals surface area contributed by atoms with Gasteiger partial charge in [-0.25, -0.2) is 0 Å². The molecule has 1 aliphatic carbocycles. The van der Waals surface area contributed by atoms with Crippen molar-refractivity contribution >= 4 is 17.0 Å². The molecule has 0 saturated heterocycles. The summed E-state index contributed by atoms with van der Waals surface area (Å²) in [5, 5.41) is 18.0. The maximum absolute atomic E-state index is 11.4. The standard InChI is InChI=1S/C7H9N5O.C5H10O2/c8-1-3-2-10-5-4(3)6(13)12-7(9)11-5;6-4-2-1-3-5(4)7/h2H,1,8H2,(H4,9,10,11,12,13);4-7H,1-3H2. The molecule has 1 fully saturated rings. The molecule has 2 unspecified atom stereocenters. The van der Waals surface area contributed by atoms with Gasteiger partial charge in [0.15, 0.2) is 0 Å². The zero-order chi connectivity index (χ0) is 14.7. The van der Waals surface area contributed by atoms with Crippen molar-refractivity contribution in [2.75, 3.05) is 5.73 Å². The number of nitrogens with zero attached hydrogens (tertiary/aromatic N) is 1. The molecular weight excluding hydrogens is 262 g/mol. The van der Waals surface area contributed by atoms with Gasteiger partial charge in [-0.15, -0.1) is 0 Å². The molecule has 0 bridgehead atoms. The molecule has 2 atom stereocenters. The molecule has 1 aliphatic rings. The maximum atomic E-state index is 11.4. The van der Waals surface area contributed by atoms with Crippen LogP contribution < -0.4 is 17.0 Å². The van der Waals surface area contributed by atoms with Crippen LogP contribution in [0, 0.1) is 0 Å². The van der Waals surface area contributed by atoms with Crippen LogP contribution in [0.15, 0.2) is 11.0 Å². The van der Waals surface area contributed by atoms with Crippen molar-refractivity contribution < 1.29 is 10.2 Å². The first-order chi connectivity index (χ1) is 9.52. The zero-order valence-corrected chi connectivity index (χ0v) is 11.0. The van der Waals surface area contributed by atoms with E-state index in [4.69, 9.17) is 21.7 Å². The molecule has 110 valence electrons. The fourth-order valence-corrected chi connectivity index (χ4v) is 2.20. The average molecular weight is 281 g/mol. The van der Waals surface area contributed by atoms with E-state index in [1.165, 1.54) is 0 Å². The zero-order valence-electron chi connectivity index (χ0n) is 11.0. The molecule has 0 amide bonds. The second kappa shape index (κ2) is 6.04. The summed E-state index contributed by atoms with van der Waals surface area (Å²) in [7, 11) is 0. The van der Waals surface area contributed by atoms with Gasteiger partial charge >= 0.3 is 0 Å². The molecule has 20 heavy (non-hydrogen) atoms. The first kappa shape index (κ1) is 14.5. The topological polar surface area (TPSA) is 154 Å². The summed E-state index contributed by atoms with van der Waals surface area (Å²) >= 11 is 0. The van der Waals surface area contributed by atoms with E-state index in [2.05, 4.69) is 15.0 Å². The monoisotopic (exact) mass is 281 g/mol. The number of aliphatic hydroxyl groups is 2. The van der Waals surface area contributed by atoms with Gasteiger partial charge in [0.05, 0.1) is 17.6 Å². The summed E-state index contributed by atoms with van der Waals surface area (Å²) in [6.45, 7) is 0.300. The van der Waals surface area contributed by atoms with Crippen molar-refractivity contribution in [2.45, 2.75) is 38.0 Å². The summed E-state index contributed by atoms with van der Waals surface area (Å²) in [6.07, 6.45) is 3.33. The molecule has 2 aromatic heterocycles. The van der Waals surface area contributed by atoms with Gasteiger partial charge < -0.3 is 26.7 Å². The highest BCUT2D eigenvalue weighted by Gasteiger charge is 2.21. The number of fused-ring (bicyclic) bond motifs is 1. The van der Waals surface area contributed by atoms with Crippen molar-refractivity contribution in [3.63, 3.8) is 0 Å². The van der Waals surface area contributed by atoms with Crippen molar-refractivity contribution in [3.05, 3.63) is 22.1 Å². The van der Waals surface area contributed by atoms with Crippen LogP contribution in [0.25, 0.3) is 11.0 Å². The van der Waals surface area contributed by atoms with E-state index in [-0.39, 0.29) is 11.5 Å². The number of nitrogens with one attached hydrogen (secondary N) is 2. The van der Waals surface area contributed by atoms with E-state index < -0.39 is 12.2 Å². The first-order valence-electron chi connectivity index (χ1n) is 6.45. The Morgan fingerprint density at radius 1 is 1.35 bits per heavy atom. The second-order valence-corrected chi connectivity index (χ2v) is 4.76. The van der Waals surface area contributed by atoms with E-state index >= 15 is 0 Å². The van der Waals surface area contributed by atoms with Crippen molar-refractivity contribution in [2.24, 2.45) is 5.73 Å². The van der Waals surface area contributed by atoms with Crippen molar-refractivity contribution in [3.8, 4) is 0 Å². The third kappa shape index (κ3) is 2.98. The van der Waals surface area contributed by atoms with Crippen LogP contribution in [0.2, 0.25) is 0 Å². The van der Waals surface area contributed by atoms with E-state index in [9.17, 15) is 4.79 Å². The second-order valence-electron chi connectivity index (χ2n) is 4.76. The maximum Gasteiger partial charge on any atom is 0.262 e. The fraction of sp³-hybridized carbons (Fsp3) is 0.500. The number of rotatable bonds is 1. The molecular formula is C12H19N5O3. The van der Waals surface area contributed by atoms with E-state index in [0.29, 0.717) is 17.6 Å². The third-order valence-corrected chi connectivity index (χ3v) is 3.31. The molecule has 1 saturated carbocycles. The number of aromatic amines is 2. The van der Waals surface area contributed by atoms with Crippen LogP contribution in [0.5, 0.6) is 0 Å². The van der Waals surface area contributed by atoms with Gasteiger partial charge in [-0.2, -0.15) is 4.98 Å². The molecule has 0 spiro atoms. The molecule has 8 nitrogen and oxygen atoms in total. The minimum atomic E-state index is -0.431. The minimum Gasteiger partial charge on any atom is -0.390 e. The van der Waals surface area contributed by atoms with Gasteiger partial charge in [-0.1, -0.05) is 0 Å². The molecule has 2 heterocycles. The van der Waals surface area contributed by atoms with Gasteiger partial charge in [0.25, 0.3) is 5.56 Å². The number of nitrogens with two attached hydrogens (primary N) is 2. The minimum absolute atomic E-state index is 0.0999. The smallest absolute Gasteiger partial charge is 0.262 e. The van der Waals surface area contributed by atoms with Gasteiger partial charge in [0, 0.05) is 12.7 Å². The highest BCUT2D eigenvalue weighted by atomic mass is 16.3. The Bertz CT molecular complexity index is 628. The quantitative estimate of drug-likeness (QED) is 0.401. The molecule has 0 aromatic carbocycles. The Morgan fingerprint density at radius 2 is 2.00 bits per heavy atom. The first-order valence-corrected chi connectivity index (χ1v) is 6.45. The molecule has 8 N–H and O–H groups in total. The normalized spacial score (nSPS) is 21.8. The Labute approximate surface area is 114 Å². The average Bonchev–Trinajstić information content (AvgIpc) is 2.97. The Kier molecular flexibility index (Phi) is 4.38. The Balaban J connectivity index is 0.000000178. The number of aliphatic hydroxyl groups excluding tert-OH is 2. The number of nitrogen functional groups attached to an aromatic ring is 1. The lowest BCUT2D eigenvalue weighted by Gasteiger charge is -2.03. The van der Waals surface area contributed by atoms with E-state index in [1.807, 2.05) is 0 Å². The number of aromatic nitrogens is 3. The summed E-state index contributed by atoms with van der Waals surface area (Å²) < 4.78 is 0. The summed E-state index contributed by atoms with van der Waals surface area (Å²) in [5.41, 5.74) is 11.7. The van der Waals surface area contributed by atoms with Crippen LogP contribution in [-0.2, 0) is 6.54 Å². The Morgan fingerprint density at radius 3 is 2.50 bits per heavy atom. The Hall–Kier alpha value is -1.90. The lowest BCUT2D eigenvalue weighted by molar-refractivity contribution is 0.0438. The fourth-order valence-electron chi connectivity index (χ4n) is 2.20. The van der Waals surface area contributed by atoms with Gasteiger partial charge in [-0.3, -0.25) is 9.78 Å². The number of hydrogen-bond donors (Lipinski definition) is 6. The highest BCUT2D eigenvalue weighted by molar-refractivity contribution is 5.79. The van der Waals surface area contributed by atoms with Crippen LogP contribution in [0.4, 0.5) is 5.95 Å². The molecule has 8 heteroatoms. The summed E-state index contributed by atoms with van der Waals surface area (Å²) in [4.78, 5) is 20.5. The summed E-state index contributed by atoms with van der Waals surface area (Å²) in [6, 6.07) is 0. The number of H-pyrrole nitrogens is 2. The number of hydrogen-bond acceptors (Lipinski definition) is 6. The molecule has 0 aliphatic heterocycles. The highest BCUT2D eigenvalue weighted by Crippen LogP contribution is 2.17. The SMILES string of the molecule is NCc1c[nH]c2nc(N)[nH]c(=O)c12.OC1CCCC1O. The van der Waals surface area contributed by atoms with Crippen LogP contribution in [-0.4, -0.2) is 37.4 Å². The molecule has 2 aromatic rings. The summed E-state index contributed by atoms with van der Waals surface area (Å²) in [5.74, 6) is 0.0999. The predicted molar refractivity (Wildman–Crippen MR) is 74.9 cm³/mol. The largest absolute Gasteiger partial charge is 0.390 e. The van der Waals surface area contributed by atoms with Gasteiger partial charge in [0.2, 0.25) is 5.95 Å².